The molecule has 6 amide bonds. The van der Waals surface area contributed by atoms with Gasteiger partial charge in [-0.1, -0.05) is 60.1 Å². The molecule has 26 heteroatoms. The highest BCUT2D eigenvalue weighted by atomic mass is 16.4. The summed E-state index contributed by atoms with van der Waals surface area (Å²) in [6.45, 7) is 14.4. The average Bonchev–Trinajstić information content (AvgIpc) is 3.32. The number of amides is 6. The van der Waals surface area contributed by atoms with E-state index in [9.17, 15) is 57.8 Å². The molecule has 1 aromatic carbocycles. The quantitative estimate of drug-likeness (QED) is 0.0227. The Kier molecular flexibility index (Phi) is 32.5. The molecule has 0 spiro atoms. The molecule has 9 atom stereocenters. The van der Waals surface area contributed by atoms with E-state index in [1.165, 1.54) is 31.2 Å². The first kappa shape index (κ1) is 68.8. The molecule has 1 rings (SSSR count). The number of carbonyl (C=O) groups excluding carboxylic acids is 8. The summed E-state index contributed by atoms with van der Waals surface area (Å²) in [4.78, 5) is 139. The number of carboxylic acids is 3. The van der Waals surface area contributed by atoms with Gasteiger partial charge in [0.15, 0.2) is 17.5 Å². The van der Waals surface area contributed by atoms with Crippen LogP contribution in [0.5, 0.6) is 5.75 Å². The highest BCUT2D eigenvalue weighted by Gasteiger charge is 2.34. The van der Waals surface area contributed by atoms with Crippen LogP contribution in [0.1, 0.15) is 125 Å². The van der Waals surface area contributed by atoms with Crippen molar-refractivity contribution in [3.05, 3.63) is 29.8 Å². The number of hydrogen-bond acceptors (Lipinski definition) is 15. The van der Waals surface area contributed by atoms with E-state index in [-0.39, 0.29) is 66.8 Å². The van der Waals surface area contributed by atoms with E-state index >= 15 is 0 Å². The molecule has 26 nitrogen and oxygen atoms in total. The minimum atomic E-state index is -1.51. The lowest BCUT2D eigenvalue weighted by Crippen LogP contribution is -2.59. The molecular formula is C50H83N11O15. The topological polar surface area (TPSA) is 443 Å². The standard InChI is InChI=1S/C25H49N7O4.C25H34N4O11/c1-9-16(6)21(28-8)24(36)30-18(11-10-12-29-25(26)27)22(34)32-20(15(4)5)23(35)31-19(17(7)33)13-14(2)3;1-13(30)17(6-9-20(32)33)27-24(39)19(8-11-22(36)37)29-25(40)18(7-10-21(34)35)28-23(38)16(26)12-14-2-4-15(31)5-3-14/h14-16,18-21,28H,9-13H2,1-8H3,(H,30,36)(H,31,35)(H,32,34)(H4,26,27,29);2-5,16-19,31H,6-12,26H2,1H3,(H,27,39)(H,28,38)(H,29,40)(H,32,33)(H,34,35)(H,36,37). The molecule has 0 aromatic heterocycles. The fraction of sp³-hybridized carbons (Fsp3) is 0.640. The molecule has 76 heavy (non-hydrogen) atoms. The van der Waals surface area contributed by atoms with E-state index < -0.39 is 127 Å². The largest absolute Gasteiger partial charge is 0.508 e. The second kappa shape index (κ2) is 35.9. The van der Waals surface area contributed by atoms with Gasteiger partial charge in [-0.25, -0.2) is 0 Å². The third-order valence-corrected chi connectivity index (χ3v) is 11.9. The Bertz CT molecular complexity index is 2130. The third kappa shape index (κ3) is 28.5. The average molecular weight is 1080 g/mol. The van der Waals surface area contributed by atoms with Crippen molar-refractivity contribution in [1.82, 2.24) is 37.2 Å². The number of phenolic OH excluding ortho intramolecular Hbond substituents is 1. The zero-order valence-electron chi connectivity index (χ0n) is 45.1. The van der Waals surface area contributed by atoms with Gasteiger partial charge in [0.2, 0.25) is 35.4 Å². The van der Waals surface area contributed by atoms with Gasteiger partial charge in [-0.3, -0.25) is 57.7 Å². The number of aliphatic imine (C=N–C) groups is 1. The normalized spacial score (nSPS) is 14.5. The number of nitrogens with zero attached hydrogens (tertiary/aromatic N) is 1. The molecular weight excluding hydrogens is 995 g/mol. The first-order valence-electron chi connectivity index (χ1n) is 25.2. The smallest absolute Gasteiger partial charge is 0.303 e. The molecule has 0 saturated carbocycles. The van der Waals surface area contributed by atoms with Crippen molar-refractivity contribution in [3.63, 3.8) is 0 Å². The van der Waals surface area contributed by atoms with Crippen LogP contribution in [0.4, 0.5) is 0 Å². The first-order valence-corrected chi connectivity index (χ1v) is 25.2. The minimum Gasteiger partial charge on any atom is -0.508 e. The summed E-state index contributed by atoms with van der Waals surface area (Å²) in [6.07, 6.45) is -0.571. The molecule has 0 bridgehead atoms. The van der Waals surface area contributed by atoms with Crippen LogP contribution in [-0.2, 0) is 59.2 Å². The van der Waals surface area contributed by atoms with Gasteiger partial charge in [-0.15, -0.1) is 0 Å². The van der Waals surface area contributed by atoms with E-state index in [1.54, 1.807) is 7.05 Å². The number of Topliss-reactive ketones (excluding diaryl/α,β-unsaturated/α-hetero) is 2. The molecule has 0 aliphatic rings. The third-order valence-electron chi connectivity index (χ3n) is 11.9. The number of guanidine groups is 1. The summed E-state index contributed by atoms with van der Waals surface area (Å²) < 4.78 is 0. The summed E-state index contributed by atoms with van der Waals surface area (Å²) in [7, 11) is 1.70. The Morgan fingerprint density at radius 3 is 1.39 bits per heavy atom. The number of nitrogens with one attached hydrogen (secondary N) is 7. The number of nitrogens with two attached hydrogens (primary N) is 3. The monoisotopic (exact) mass is 1080 g/mol. The van der Waals surface area contributed by atoms with Gasteiger partial charge in [0.25, 0.3) is 0 Å². The van der Waals surface area contributed by atoms with Crippen LogP contribution >= 0.6 is 0 Å². The van der Waals surface area contributed by atoms with Gasteiger partial charge in [0.05, 0.1) is 24.2 Å². The van der Waals surface area contributed by atoms with E-state index in [2.05, 4.69) is 42.2 Å². The van der Waals surface area contributed by atoms with Gasteiger partial charge in [-0.05, 0) is 101 Å². The van der Waals surface area contributed by atoms with Gasteiger partial charge in [0.1, 0.15) is 29.9 Å². The van der Waals surface area contributed by atoms with Gasteiger partial charge >= 0.3 is 17.9 Å². The maximum atomic E-state index is 13.3. The molecule has 0 fully saturated rings. The molecule has 0 saturated heterocycles. The Morgan fingerprint density at radius 1 is 0.566 bits per heavy atom. The fourth-order valence-electron chi connectivity index (χ4n) is 7.31. The number of rotatable bonds is 35. The number of carbonyl (C=O) groups is 11. The van der Waals surface area contributed by atoms with Gasteiger partial charge in [-0.2, -0.15) is 0 Å². The van der Waals surface area contributed by atoms with Crippen LogP contribution in [0.15, 0.2) is 29.3 Å². The summed E-state index contributed by atoms with van der Waals surface area (Å²) >= 11 is 0. The van der Waals surface area contributed by atoms with E-state index in [4.69, 9.17) is 32.5 Å². The second-order valence-corrected chi connectivity index (χ2v) is 19.3. The predicted molar refractivity (Wildman–Crippen MR) is 280 cm³/mol. The molecule has 1 aromatic rings. The van der Waals surface area contributed by atoms with Crippen molar-refractivity contribution in [2.24, 2.45) is 39.9 Å². The minimum absolute atomic E-state index is 0.00479. The zero-order valence-corrected chi connectivity index (χ0v) is 45.1. The van der Waals surface area contributed by atoms with Crippen LogP contribution in [0.25, 0.3) is 0 Å². The molecule has 0 heterocycles. The Balaban J connectivity index is 0.00000149. The number of aliphatic carboxylic acids is 3. The Hall–Kier alpha value is -7.22. The van der Waals surface area contributed by atoms with Crippen LogP contribution in [-0.4, -0.2) is 153 Å². The van der Waals surface area contributed by atoms with Crippen LogP contribution in [0.2, 0.25) is 0 Å². The summed E-state index contributed by atoms with van der Waals surface area (Å²) in [5.41, 5.74) is 17.3. The Labute approximate surface area is 443 Å². The molecule has 428 valence electrons. The maximum absolute atomic E-state index is 13.3. The van der Waals surface area contributed by atoms with Gasteiger partial charge in [0, 0.05) is 25.8 Å². The van der Waals surface area contributed by atoms with E-state index in [0.717, 1.165) is 13.3 Å². The van der Waals surface area contributed by atoms with Crippen molar-refractivity contribution in [2.75, 3.05) is 13.6 Å². The lowest BCUT2D eigenvalue weighted by Gasteiger charge is -2.29. The Morgan fingerprint density at radius 2 is 0.974 bits per heavy atom. The molecule has 9 unspecified atom stereocenters. The van der Waals surface area contributed by atoms with Crippen molar-refractivity contribution in [1.29, 1.82) is 0 Å². The number of ketones is 2. The number of phenols is 1. The molecule has 0 aliphatic heterocycles. The maximum Gasteiger partial charge on any atom is 0.303 e. The van der Waals surface area contributed by atoms with Crippen molar-refractivity contribution in [2.45, 2.75) is 174 Å². The number of aromatic hydroxyl groups is 1. The number of benzene rings is 1. The van der Waals surface area contributed by atoms with E-state index in [1.807, 2.05) is 41.5 Å². The summed E-state index contributed by atoms with van der Waals surface area (Å²) in [5.74, 6) is -8.50. The van der Waals surface area contributed by atoms with Gasteiger partial charge < -0.3 is 74.8 Å². The second-order valence-electron chi connectivity index (χ2n) is 19.3. The molecule has 0 aliphatic carbocycles. The SMILES string of the molecule is CC(=O)C(CCC(=O)O)NC(=O)C(CCC(=O)O)NC(=O)C(CCC(=O)O)NC(=O)C(N)Cc1ccc(O)cc1.CCC(C)C(NC)C(=O)NC(CCCN=C(N)N)C(=O)NC(C(=O)NC(CC(C)C)C(C)=O)C(C)C. The number of carboxylic acid groups (broad SMARTS) is 3. The van der Waals surface area contributed by atoms with Crippen LogP contribution in [0, 0.1) is 17.8 Å². The highest BCUT2D eigenvalue weighted by molar-refractivity contribution is 5.96. The first-order chi connectivity index (χ1) is 35.4. The van der Waals surface area contributed by atoms with Crippen molar-refractivity contribution >= 4 is 70.9 Å². The molecule has 0 radical (unpaired) electrons. The highest BCUT2D eigenvalue weighted by Crippen LogP contribution is 2.14. The lowest BCUT2D eigenvalue weighted by atomic mass is 9.97. The zero-order chi connectivity index (χ0) is 58.4. The summed E-state index contributed by atoms with van der Waals surface area (Å²) in [6, 6.07) is -2.37. The van der Waals surface area contributed by atoms with Crippen LogP contribution in [0.3, 0.4) is 0 Å². The predicted octanol–water partition coefficient (Wildman–Crippen LogP) is -0.681. The number of likely N-dealkylation sites (N-methyl/N-ethyl adjacent to an activating group) is 1. The summed E-state index contributed by atoms with van der Waals surface area (Å²) in [5, 5.41) is 54.7. The van der Waals surface area contributed by atoms with Crippen molar-refractivity contribution < 1.29 is 73.2 Å². The molecule has 17 N–H and O–H groups in total. The van der Waals surface area contributed by atoms with Crippen molar-refractivity contribution in [3.8, 4) is 5.75 Å². The van der Waals surface area contributed by atoms with Crippen LogP contribution < -0.4 is 54.4 Å². The van der Waals surface area contributed by atoms with E-state index in [0.29, 0.717) is 24.9 Å². The lowest BCUT2D eigenvalue weighted by molar-refractivity contribution is -0.140. The fourth-order valence-corrected chi connectivity index (χ4v) is 7.31. The number of hydrogen-bond donors (Lipinski definition) is 14.